The fourth-order valence-corrected chi connectivity index (χ4v) is 4.43. The smallest absolute Gasteiger partial charge is 0.326 e. The highest BCUT2D eigenvalue weighted by Gasteiger charge is 2.28. The lowest BCUT2D eigenvalue weighted by molar-refractivity contribution is -0.160. The molecule has 28 heavy (non-hydrogen) atoms. The van der Waals surface area contributed by atoms with E-state index in [1.165, 1.54) is 18.3 Å². The van der Waals surface area contributed by atoms with Crippen LogP contribution in [0.5, 0.6) is 0 Å². The summed E-state index contributed by atoms with van der Waals surface area (Å²) in [4.78, 5) is 39.0. The molecule has 1 atom stereocenters. The van der Waals surface area contributed by atoms with Crippen LogP contribution in [0.2, 0.25) is 5.02 Å². The maximum Gasteiger partial charge on any atom is 0.326 e. The number of halogens is 1. The summed E-state index contributed by atoms with van der Waals surface area (Å²) in [6.07, 6.45) is -0.929. The van der Waals surface area contributed by atoms with Gasteiger partial charge in [0, 0.05) is 22.2 Å². The molecule has 0 saturated carbocycles. The number of amides is 2. The predicted octanol–water partition coefficient (Wildman–Crippen LogP) is 3.86. The van der Waals surface area contributed by atoms with Gasteiger partial charge in [-0.05, 0) is 40.7 Å². The molecule has 1 aromatic heterocycles. The highest BCUT2D eigenvalue weighted by Crippen LogP contribution is 2.34. The highest BCUT2D eigenvalue weighted by molar-refractivity contribution is 7.21. The Morgan fingerprint density at radius 3 is 2.29 bits per heavy atom. The molecule has 8 heteroatoms. The molecule has 0 aliphatic heterocycles. The third kappa shape index (κ3) is 5.02. The Morgan fingerprint density at radius 1 is 1.11 bits per heavy atom. The maximum absolute atomic E-state index is 12.5. The van der Waals surface area contributed by atoms with Gasteiger partial charge < -0.3 is 15.0 Å². The SMILES string of the molecule is CC(OC(=O)CNC(=O)c1sc2ccccc2c1Cl)C(=O)N(C(C)C)C(C)C. The normalized spacial score (nSPS) is 12.3. The molecule has 0 radical (unpaired) electrons. The number of benzene rings is 1. The molecule has 0 aliphatic rings. The Labute approximate surface area is 173 Å². The lowest BCUT2D eigenvalue weighted by Crippen LogP contribution is -2.48. The van der Waals surface area contributed by atoms with Crippen molar-refractivity contribution < 1.29 is 19.1 Å². The van der Waals surface area contributed by atoms with E-state index in [4.69, 9.17) is 16.3 Å². The zero-order valence-corrected chi connectivity index (χ0v) is 18.2. The summed E-state index contributed by atoms with van der Waals surface area (Å²) in [5, 5.41) is 3.66. The first-order chi connectivity index (χ1) is 13.1. The zero-order chi connectivity index (χ0) is 21.0. The van der Waals surface area contributed by atoms with E-state index >= 15 is 0 Å². The molecular weight excluding hydrogens is 400 g/mol. The van der Waals surface area contributed by atoms with Crippen LogP contribution in [0.25, 0.3) is 10.1 Å². The van der Waals surface area contributed by atoms with E-state index in [0.717, 1.165) is 10.1 Å². The van der Waals surface area contributed by atoms with E-state index in [-0.39, 0.29) is 24.5 Å². The number of rotatable bonds is 7. The summed E-state index contributed by atoms with van der Waals surface area (Å²) < 4.78 is 6.09. The van der Waals surface area contributed by atoms with Crippen molar-refractivity contribution in [2.45, 2.75) is 52.8 Å². The number of ether oxygens (including phenoxy) is 1. The zero-order valence-electron chi connectivity index (χ0n) is 16.6. The van der Waals surface area contributed by atoms with E-state index in [1.807, 2.05) is 52.0 Å². The summed E-state index contributed by atoms with van der Waals surface area (Å²) in [7, 11) is 0. The van der Waals surface area contributed by atoms with Crippen LogP contribution < -0.4 is 5.32 Å². The average Bonchev–Trinajstić information content (AvgIpc) is 2.96. The van der Waals surface area contributed by atoms with E-state index in [1.54, 1.807) is 4.90 Å². The Balaban J connectivity index is 1.95. The number of hydrogen-bond acceptors (Lipinski definition) is 5. The van der Waals surface area contributed by atoms with E-state index in [9.17, 15) is 14.4 Å². The maximum atomic E-state index is 12.5. The van der Waals surface area contributed by atoms with Crippen LogP contribution in [0.1, 0.15) is 44.3 Å². The van der Waals surface area contributed by atoms with Crippen LogP contribution in [0.15, 0.2) is 24.3 Å². The minimum absolute atomic E-state index is 0.0107. The Hall–Kier alpha value is -2.12. The molecule has 2 amide bonds. The van der Waals surface area contributed by atoms with Gasteiger partial charge in [-0.3, -0.25) is 14.4 Å². The molecule has 0 spiro atoms. The Bertz CT molecular complexity index is 870. The number of esters is 1. The third-order valence-electron chi connectivity index (χ3n) is 4.16. The topological polar surface area (TPSA) is 75.7 Å². The van der Waals surface area contributed by atoms with Gasteiger partial charge in [0.2, 0.25) is 0 Å². The van der Waals surface area contributed by atoms with E-state index in [2.05, 4.69) is 5.32 Å². The van der Waals surface area contributed by atoms with Crippen molar-refractivity contribution in [3.8, 4) is 0 Å². The highest BCUT2D eigenvalue weighted by atomic mass is 35.5. The number of carbonyl (C=O) groups excluding carboxylic acids is 3. The van der Waals surface area contributed by atoms with Gasteiger partial charge >= 0.3 is 5.97 Å². The molecular formula is C20H25ClN2O4S. The molecule has 1 unspecified atom stereocenters. The van der Waals surface area contributed by atoms with Gasteiger partial charge in [0.1, 0.15) is 11.4 Å². The van der Waals surface area contributed by atoms with Crippen LogP contribution in [-0.2, 0) is 14.3 Å². The first kappa shape index (κ1) is 22.2. The molecule has 0 saturated heterocycles. The van der Waals surface area contributed by atoms with Crippen LogP contribution >= 0.6 is 22.9 Å². The number of nitrogens with one attached hydrogen (secondary N) is 1. The minimum Gasteiger partial charge on any atom is -0.451 e. The van der Waals surface area contributed by atoms with Crippen molar-refractivity contribution in [3.63, 3.8) is 0 Å². The van der Waals surface area contributed by atoms with Crippen LogP contribution in [0.3, 0.4) is 0 Å². The van der Waals surface area contributed by atoms with Crippen LogP contribution in [0, 0.1) is 0 Å². The Kier molecular flexibility index (Phi) is 7.43. The second kappa shape index (κ2) is 9.39. The summed E-state index contributed by atoms with van der Waals surface area (Å²) in [6.45, 7) is 8.80. The standard InChI is InChI=1S/C20H25ClN2O4S/c1-11(2)23(12(3)4)20(26)13(5)27-16(24)10-22-19(25)18-17(21)14-8-6-7-9-15(14)28-18/h6-9,11-13H,10H2,1-5H3,(H,22,25). The molecule has 0 fully saturated rings. The van der Waals surface area contributed by atoms with Crippen molar-refractivity contribution in [2.24, 2.45) is 0 Å². The first-order valence-corrected chi connectivity index (χ1v) is 10.3. The van der Waals surface area contributed by atoms with Gasteiger partial charge in [-0.1, -0.05) is 29.8 Å². The number of carbonyl (C=O) groups is 3. The molecule has 0 aliphatic carbocycles. The molecule has 1 heterocycles. The lowest BCUT2D eigenvalue weighted by Gasteiger charge is -2.32. The van der Waals surface area contributed by atoms with Gasteiger partial charge in [0.05, 0.1) is 5.02 Å². The summed E-state index contributed by atoms with van der Waals surface area (Å²) in [5.74, 6) is -1.40. The van der Waals surface area contributed by atoms with Crippen molar-refractivity contribution in [2.75, 3.05) is 6.54 Å². The molecule has 1 N–H and O–H groups in total. The van der Waals surface area contributed by atoms with Crippen molar-refractivity contribution in [1.29, 1.82) is 0 Å². The summed E-state index contributed by atoms with van der Waals surface area (Å²) in [6, 6.07) is 7.40. The number of nitrogens with zero attached hydrogens (tertiary/aromatic N) is 1. The second-order valence-corrected chi connectivity index (χ2v) is 8.42. The molecule has 0 bridgehead atoms. The van der Waals surface area contributed by atoms with Gasteiger partial charge in [-0.25, -0.2) is 0 Å². The summed E-state index contributed by atoms with van der Waals surface area (Å²) in [5.41, 5.74) is 0. The molecule has 1 aromatic carbocycles. The summed E-state index contributed by atoms with van der Waals surface area (Å²) >= 11 is 7.53. The molecule has 2 rings (SSSR count). The number of thiophene rings is 1. The van der Waals surface area contributed by atoms with Crippen molar-refractivity contribution >= 4 is 50.8 Å². The van der Waals surface area contributed by atoms with Crippen LogP contribution in [-0.4, -0.2) is 47.4 Å². The molecule has 152 valence electrons. The monoisotopic (exact) mass is 424 g/mol. The quantitative estimate of drug-likeness (QED) is 0.684. The van der Waals surface area contributed by atoms with Gasteiger partial charge in [0.25, 0.3) is 11.8 Å². The van der Waals surface area contributed by atoms with Crippen molar-refractivity contribution in [1.82, 2.24) is 10.2 Å². The fourth-order valence-electron chi connectivity index (χ4n) is 3.00. The lowest BCUT2D eigenvalue weighted by atomic mass is 10.2. The van der Waals surface area contributed by atoms with Gasteiger partial charge in [-0.15, -0.1) is 11.3 Å². The van der Waals surface area contributed by atoms with E-state index in [0.29, 0.717) is 9.90 Å². The number of fused-ring (bicyclic) bond motifs is 1. The first-order valence-electron chi connectivity index (χ1n) is 9.10. The molecule has 2 aromatic rings. The predicted molar refractivity (Wildman–Crippen MR) is 112 cm³/mol. The van der Waals surface area contributed by atoms with Crippen LogP contribution in [0.4, 0.5) is 0 Å². The van der Waals surface area contributed by atoms with Gasteiger partial charge in [-0.2, -0.15) is 0 Å². The third-order valence-corrected chi connectivity index (χ3v) is 5.83. The van der Waals surface area contributed by atoms with E-state index < -0.39 is 18.0 Å². The minimum atomic E-state index is -0.929. The largest absolute Gasteiger partial charge is 0.451 e. The van der Waals surface area contributed by atoms with Crippen molar-refractivity contribution in [3.05, 3.63) is 34.2 Å². The Morgan fingerprint density at radius 2 is 1.71 bits per heavy atom. The number of hydrogen-bond donors (Lipinski definition) is 1. The average molecular weight is 425 g/mol. The second-order valence-electron chi connectivity index (χ2n) is 6.99. The fraction of sp³-hybridized carbons (Fsp3) is 0.450. The molecule has 6 nitrogen and oxygen atoms in total. The van der Waals surface area contributed by atoms with Gasteiger partial charge in [0.15, 0.2) is 6.10 Å².